The number of aromatic nitrogens is 3. The summed E-state index contributed by atoms with van der Waals surface area (Å²) < 4.78 is 42.7. The Labute approximate surface area is 208 Å². The molecule has 4 heterocycles. The largest absolute Gasteiger partial charge is 0.509 e. The average molecular weight is 521 g/mol. The van der Waals surface area contributed by atoms with Gasteiger partial charge in [0.25, 0.3) is 11.4 Å². The van der Waals surface area contributed by atoms with Crippen LogP contribution in [0.1, 0.15) is 43.3 Å². The van der Waals surface area contributed by atoms with Crippen LogP contribution in [0.25, 0.3) is 0 Å². The average Bonchev–Trinajstić information content (AvgIpc) is 3.40. The summed E-state index contributed by atoms with van der Waals surface area (Å²) in [6, 6.07) is 3.86. The van der Waals surface area contributed by atoms with Crippen LogP contribution in [0.4, 0.5) is 9.18 Å². The van der Waals surface area contributed by atoms with E-state index >= 15 is 4.39 Å². The van der Waals surface area contributed by atoms with Gasteiger partial charge in [0.05, 0.1) is 11.5 Å². The fraction of sp³-hybridized carbons (Fsp3) is 0.478. The Morgan fingerprint density at radius 3 is 2.59 bits per heavy atom. The van der Waals surface area contributed by atoms with Gasteiger partial charge in [-0.1, -0.05) is 13.8 Å². The highest BCUT2D eigenvalue weighted by Crippen LogP contribution is 2.44. The number of fused-ring (bicyclic) bond motifs is 1. The first-order chi connectivity index (χ1) is 17.7. The maximum absolute atomic E-state index is 15.9. The van der Waals surface area contributed by atoms with Crippen LogP contribution in [0, 0.1) is 5.92 Å². The minimum absolute atomic E-state index is 0.0445. The Morgan fingerprint density at radius 2 is 1.92 bits per heavy atom. The molecule has 14 heteroatoms. The van der Waals surface area contributed by atoms with Gasteiger partial charge in [0.2, 0.25) is 6.10 Å². The molecule has 0 unspecified atom stereocenters. The Hall–Kier alpha value is -4.07. The van der Waals surface area contributed by atoms with Gasteiger partial charge in [0.1, 0.15) is 0 Å². The summed E-state index contributed by atoms with van der Waals surface area (Å²) in [6.45, 7) is 1.91. The van der Waals surface area contributed by atoms with E-state index in [1.54, 1.807) is 13.8 Å². The number of nitrogens with zero attached hydrogens (tertiary/aromatic N) is 3. The van der Waals surface area contributed by atoms with Gasteiger partial charge >= 0.3 is 23.8 Å². The Balaban J connectivity index is 1.56. The van der Waals surface area contributed by atoms with Crippen molar-refractivity contribution in [1.29, 1.82) is 0 Å². The lowest BCUT2D eigenvalue weighted by Crippen LogP contribution is -2.43. The van der Waals surface area contributed by atoms with Crippen molar-refractivity contribution in [2.75, 3.05) is 6.61 Å². The van der Waals surface area contributed by atoms with E-state index in [4.69, 9.17) is 23.7 Å². The number of hydrogen-bond donors (Lipinski definition) is 0. The second kappa shape index (κ2) is 10.5. The van der Waals surface area contributed by atoms with Crippen molar-refractivity contribution in [3.05, 3.63) is 63.2 Å². The molecule has 0 radical (unpaired) electrons. The van der Waals surface area contributed by atoms with Crippen LogP contribution in [0.15, 0.2) is 46.4 Å². The lowest BCUT2D eigenvalue weighted by molar-refractivity contribution is -0.211. The number of carbonyl (C=O) groups is 3. The molecule has 2 saturated heterocycles. The van der Waals surface area contributed by atoms with Gasteiger partial charge in [-0.15, -0.1) is 0 Å². The Kier molecular flexibility index (Phi) is 7.38. The van der Waals surface area contributed by atoms with Gasteiger partial charge in [-0.3, -0.25) is 19.1 Å². The quantitative estimate of drug-likeness (QED) is 0.346. The van der Waals surface area contributed by atoms with Crippen LogP contribution < -0.4 is 11.2 Å². The first-order valence-corrected chi connectivity index (χ1v) is 11.5. The topological polar surface area (TPSA) is 154 Å². The van der Waals surface area contributed by atoms with Gasteiger partial charge in [-0.2, -0.15) is 0 Å². The number of esters is 2. The number of carbonyl (C=O) groups excluding carboxylic acids is 3. The van der Waals surface area contributed by atoms with Crippen molar-refractivity contribution >= 4 is 18.1 Å². The van der Waals surface area contributed by atoms with Crippen molar-refractivity contribution in [1.82, 2.24) is 14.1 Å². The molecule has 37 heavy (non-hydrogen) atoms. The molecule has 2 aliphatic rings. The van der Waals surface area contributed by atoms with Crippen LogP contribution >= 0.6 is 0 Å². The minimum Gasteiger partial charge on any atom is -0.456 e. The summed E-state index contributed by atoms with van der Waals surface area (Å²) in [5.74, 6) is -4.79. The summed E-state index contributed by atoms with van der Waals surface area (Å²) in [7, 11) is 0. The fourth-order valence-electron chi connectivity index (χ4n) is 4.02. The van der Waals surface area contributed by atoms with Crippen molar-refractivity contribution < 1.29 is 42.5 Å². The standard InChI is InChI=1S/C23H24FN3O10/c1-3-13(4-2)19(29)34-12-27-15(28)7-9-26(21(27)31)18-16-17(36-22(32)35-16)23(24,37-18)11-33-20(30)14-6-5-8-25-10-14/h5-10,13,16-18H,3-4,11-12H2,1-2H3/t16-,17+,18-,23-/m1/s1. The second-order valence-electron chi connectivity index (χ2n) is 8.36. The van der Waals surface area contributed by atoms with E-state index in [0.29, 0.717) is 17.4 Å². The van der Waals surface area contributed by atoms with E-state index in [1.165, 1.54) is 24.5 Å². The normalized spacial score (nSPS) is 24.3. The summed E-state index contributed by atoms with van der Waals surface area (Å²) in [6.07, 6.45) is -1.26. The summed E-state index contributed by atoms with van der Waals surface area (Å²) in [5, 5.41) is 0. The zero-order valence-corrected chi connectivity index (χ0v) is 19.9. The SMILES string of the molecule is CCC(CC)C(=O)OCn1c(=O)ccn([C@@H]2O[C@](F)(COC(=O)c3cccnc3)[C@H]3OC(=O)O[C@@H]23)c1=O. The molecule has 0 saturated carbocycles. The third-order valence-electron chi connectivity index (χ3n) is 6.10. The molecule has 2 aromatic heterocycles. The van der Waals surface area contributed by atoms with Gasteiger partial charge in [-0.05, 0) is 25.0 Å². The maximum atomic E-state index is 15.9. The van der Waals surface area contributed by atoms with E-state index in [0.717, 1.165) is 16.8 Å². The minimum atomic E-state index is -2.89. The van der Waals surface area contributed by atoms with Crippen LogP contribution in [0.5, 0.6) is 0 Å². The van der Waals surface area contributed by atoms with Gasteiger partial charge in [-0.25, -0.2) is 23.3 Å². The smallest absolute Gasteiger partial charge is 0.456 e. The third-order valence-corrected chi connectivity index (χ3v) is 6.10. The first-order valence-electron chi connectivity index (χ1n) is 11.5. The highest BCUT2D eigenvalue weighted by atomic mass is 19.2. The number of pyridine rings is 1. The zero-order valence-electron chi connectivity index (χ0n) is 19.9. The van der Waals surface area contributed by atoms with Gasteiger partial charge in [0, 0.05) is 24.7 Å². The lowest BCUT2D eigenvalue weighted by atomic mass is 10.0. The highest BCUT2D eigenvalue weighted by molar-refractivity contribution is 5.88. The van der Waals surface area contributed by atoms with E-state index in [1.807, 2.05) is 0 Å². The zero-order chi connectivity index (χ0) is 26.7. The highest BCUT2D eigenvalue weighted by Gasteiger charge is 2.65. The molecule has 13 nitrogen and oxygen atoms in total. The molecule has 0 aromatic carbocycles. The van der Waals surface area contributed by atoms with Gasteiger partial charge in [0.15, 0.2) is 25.7 Å². The Morgan fingerprint density at radius 1 is 1.16 bits per heavy atom. The number of halogens is 1. The predicted molar refractivity (Wildman–Crippen MR) is 119 cm³/mol. The molecule has 0 bridgehead atoms. The number of rotatable bonds is 9. The summed E-state index contributed by atoms with van der Waals surface area (Å²) in [4.78, 5) is 65.4. The summed E-state index contributed by atoms with van der Waals surface area (Å²) in [5.41, 5.74) is -1.76. The van der Waals surface area contributed by atoms with Crippen LogP contribution in [0.2, 0.25) is 0 Å². The molecular formula is C23H24FN3O10. The maximum Gasteiger partial charge on any atom is 0.509 e. The van der Waals surface area contributed by atoms with E-state index in [-0.39, 0.29) is 5.56 Å². The molecule has 198 valence electrons. The van der Waals surface area contributed by atoms with Crippen molar-refractivity contribution in [2.24, 2.45) is 5.92 Å². The van der Waals surface area contributed by atoms with E-state index < -0.39 is 72.9 Å². The molecule has 0 N–H and O–H groups in total. The molecule has 0 amide bonds. The molecule has 0 spiro atoms. The number of hydrogen-bond acceptors (Lipinski definition) is 11. The summed E-state index contributed by atoms with van der Waals surface area (Å²) >= 11 is 0. The van der Waals surface area contributed by atoms with Crippen molar-refractivity contribution in [3.63, 3.8) is 0 Å². The third kappa shape index (κ3) is 5.09. The molecule has 2 fully saturated rings. The van der Waals surface area contributed by atoms with Crippen LogP contribution in [-0.2, 0) is 35.2 Å². The molecule has 0 aliphatic carbocycles. The number of alkyl halides is 1. The Bertz CT molecular complexity index is 1290. The predicted octanol–water partition coefficient (Wildman–Crippen LogP) is 1.30. The molecule has 4 rings (SSSR count). The van der Waals surface area contributed by atoms with Gasteiger partial charge < -0.3 is 23.7 Å². The van der Waals surface area contributed by atoms with Crippen molar-refractivity contribution in [2.45, 2.75) is 57.7 Å². The van der Waals surface area contributed by atoms with E-state index in [2.05, 4.69) is 4.98 Å². The van der Waals surface area contributed by atoms with Crippen LogP contribution in [-0.4, -0.2) is 56.9 Å². The fourth-order valence-corrected chi connectivity index (χ4v) is 4.02. The molecular weight excluding hydrogens is 497 g/mol. The molecule has 4 atom stereocenters. The molecule has 2 aromatic rings. The molecule has 2 aliphatic heterocycles. The lowest BCUT2D eigenvalue weighted by Gasteiger charge is -2.23. The monoisotopic (exact) mass is 521 g/mol. The number of ether oxygens (including phenoxy) is 5. The second-order valence-corrected chi connectivity index (χ2v) is 8.36. The van der Waals surface area contributed by atoms with Crippen molar-refractivity contribution in [3.8, 4) is 0 Å². The van der Waals surface area contributed by atoms with E-state index in [9.17, 15) is 24.0 Å². The first kappa shape index (κ1) is 26.0. The van der Waals surface area contributed by atoms with Crippen LogP contribution in [0.3, 0.4) is 0 Å².